The molecule has 0 atom stereocenters. The zero-order valence-corrected chi connectivity index (χ0v) is 9.76. The second-order valence-electron chi connectivity index (χ2n) is 5.02. The molecule has 3 heterocycles. The Morgan fingerprint density at radius 3 is 2.41 bits per heavy atom. The van der Waals surface area contributed by atoms with E-state index in [9.17, 15) is 4.79 Å². The van der Waals surface area contributed by atoms with Crippen LogP contribution in [0.3, 0.4) is 0 Å². The molecule has 2 aliphatic rings. The summed E-state index contributed by atoms with van der Waals surface area (Å²) in [5.74, 6) is 0.127. The fraction of sp³-hybridized carbons (Fsp3) is 0.538. The number of rotatable bonds is 1. The second kappa shape index (κ2) is 4.11. The summed E-state index contributed by atoms with van der Waals surface area (Å²) in [7, 11) is 0. The number of likely N-dealkylation sites (tertiary alicyclic amines) is 1. The van der Waals surface area contributed by atoms with E-state index >= 15 is 0 Å². The van der Waals surface area contributed by atoms with Crippen LogP contribution >= 0.6 is 0 Å². The Labute approximate surface area is 101 Å². The number of hydrogen-bond donors (Lipinski definition) is 0. The summed E-state index contributed by atoms with van der Waals surface area (Å²) < 4.78 is 5.28. The van der Waals surface area contributed by atoms with Crippen molar-refractivity contribution in [2.24, 2.45) is 5.41 Å². The molecule has 0 aromatic carbocycles. The SMILES string of the molecule is O=C(c1ccncc1)N1CCC2(CC1)COC2. The predicted octanol–water partition coefficient (Wildman–Crippen LogP) is 1.33. The van der Waals surface area contributed by atoms with Gasteiger partial charge in [0.25, 0.3) is 5.91 Å². The molecule has 0 aliphatic carbocycles. The van der Waals surface area contributed by atoms with Gasteiger partial charge in [-0.3, -0.25) is 9.78 Å². The molecule has 1 spiro atoms. The van der Waals surface area contributed by atoms with Crippen LogP contribution in [0.15, 0.2) is 24.5 Å². The first-order valence-corrected chi connectivity index (χ1v) is 6.06. The van der Waals surface area contributed by atoms with Crippen LogP contribution in [0.4, 0.5) is 0 Å². The molecule has 2 saturated heterocycles. The maximum absolute atomic E-state index is 12.2. The zero-order valence-electron chi connectivity index (χ0n) is 9.76. The van der Waals surface area contributed by atoms with E-state index < -0.39 is 0 Å². The quantitative estimate of drug-likeness (QED) is 0.733. The lowest BCUT2D eigenvalue weighted by Crippen LogP contribution is -2.52. The summed E-state index contributed by atoms with van der Waals surface area (Å²) in [6.07, 6.45) is 5.48. The summed E-state index contributed by atoms with van der Waals surface area (Å²) >= 11 is 0. The van der Waals surface area contributed by atoms with Crippen molar-refractivity contribution in [1.82, 2.24) is 9.88 Å². The molecule has 4 heteroatoms. The van der Waals surface area contributed by atoms with Crippen molar-refractivity contribution < 1.29 is 9.53 Å². The number of carbonyl (C=O) groups is 1. The molecule has 1 amide bonds. The lowest BCUT2D eigenvalue weighted by atomic mass is 9.77. The number of ether oxygens (including phenoxy) is 1. The van der Waals surface area contributed by atoms with Crippen molar-refractivity contribution in [3.8, 4) is 0 Å². The molecule has 4 nitrogen and oxygen atoms in total. The molecule has 3 rings (SSSR count). The molecule has 1 aromatic rings. The minimum atomic E-state index is 0.127. The zero-order chi connectivity index (χ0) is 11.7. The van der Waals surface area contributed by atoms with Crippen LogP contribution in [0.2, 0.25) is 0 Å². The van der Waals surface area contributed by atoms with Crippen molar-refractivity contribution >= 4 is 5.91 Å². The Morgan fingerprint density at radius 1 is 1.24 bits per heavy atom. The highest BCUT2D eigenvalue weighted by Gasteiger charge is 2.41. The minimum absolute atomic E-state index is 0.127. The molecule has 17 heavy (non-hydrogen) atoms. The number of amides is 1. The smallest absolute Gasteiger partial charge is 0.253 e. The molecule has 1 aromatic heterocycles. The Hall–Kier alpha value is -1.42. The minimum Gasteiger partial charge on any atom is -0.380 e. The lowest BCUT2D eigenvalue weighted by Gasteiger charge is -2.47. The third-order valence-corrected chi connectivity index (χ3v) is 3.86. The van der Waals surface area contributed by atoms with Crippen molar-refractivity contribution in [2.45, 2.75) is 12.8 Å². The maximum atomic E-state index is 12.2. The molecule has 0 saturated carbocycles. The number of aromatic nitrogens is 1. The van der Waals surface area contributed by atoms with E-state index in [4.69, 9.17) is 4.74 Å². The van der Waals surface area contributed by atoms with Crippen LogP contribution in [0.1, 0.15) is 23.2 Å². The van der Waals surface area contributed by atoms with Crippen molar-refractivity contribution in [1.29, 1.82) is 0 Å². The number of piperidine rings is 1. The first-order chi connectivity index (χ1) is 8.29. The average Bonchev–Trinajstić information content (AvgIpc) is 2.37. The molecule has 0 radical (unpaired) electrons. The number of hydrogen-bond acceptors (Lipinski definition) is 3. The van der Waals surface area contributed by atoms with E-state index in [1.54, 1.807) is 24.5 Å². The van der Waals surface area contributed by atoms with E-state index in [-0.39, 0.29) is 5.91 Å². The van der Waals surface area contributed by atoms with Crippen molar-refractivity contribution in [2.75, 3.05) is 26.3 Å². The molecule has 0 bridgehead atoms. The van der Waals surface area contributed by atoms with Gasteiger partial charge in [0.15, 0.2) is 0 Å². The molecular formula is C13H16N2O2. The van der Waals surface area contributed by atoms with E-state index in [2.05, 4.69) is 4.98 Å². The number of pyridine rings is 1. The van der Waals surface area contributed by atoms with Gasteiger partial charge in [0.05, 0.1) is 13.2 Å². The van der Waals surface area contributed by atoms with Crippen LogP contribution in [0.5, 0.6) is 0 Å². The molecule has 0 unspecified atom stereocenters. The third-order valence-electron chi connectivity index (χ3n) is 3.86. The maximum Gasteiger partial charge on any atom is 0.253 e. The Kier molecular flexibility index (Phi) is 2.59. The highest BCUT2D eigenvalue weighted by molar-refractivity contribution is 5.94. The van der Waals surface area contributed by atoms with Crippen LogP contribution < -0.4 is 0 Å². The largest absolute Gasteiger partial charge is 0.380 e. The van der Waals surface area contributed by atoms with Crippen LogP contribution in [-0.4, -0.2) is 42.1 Å². The van der Waals surface area contributed by atoms with E-state index in [0.29, 0.717) is 5.41 Å². The summed E-state index contributed by atoms with van der Waals surface area (Å²) in [5, 5.41) is 0. The van der Waals surface area contributed by atoms with Gasteiger partial charge in [-0.2, -0.15) is 0 Å². The highest BCUT2D eigenvalue weighted by Crippen LogP contribution is 2.38. The van der Waals surface area contributed by atoms with Gasteiger partial charge in [-0.25, -0.2) is 0 Å². The third kappa shape index (κ3) is 1.93. The van der Waals surface area contributed by atoms with Gasteiger partial charge in [-0.05, 0) is 25.0 Å². The van der Waals surface area contributed by atoms with E-state index in [1.807, 2.05) is 4.90 Å². The van der Waals surface area contributed by atoms with Gasteiger partial charge in [0, 0.05) is 36.5 Å². The topological polar surface area (TPSA) is 42.4 Å². The molecule has 2 aliphatic heterocycles. The Morgan fingerprint density at radius 2 is 1.88 bits per heavy atom. The second-order valence-corrected chi connectivity index (χ2v) is 5.02. The van der Waals surface area contributed by atoms with E-state index in [1.165, 1.54) is 0 Å². The van der Waals surface area contributed by atoms with Gasteiger partial charge >= 0.3 is 0 Å². The van der Waals surface area contributed by atoms with Gasteiger partial charge < -0.3 is 9.64 Å². The van der Waals surface area contributed by atoms with Gasteiger partial charge in [0.2, 0.25) is 0 Å². The number of nitrogens with zero attached hydrogens (tertiary/aromatic N) is 2. The summed E-state index contributed by atoms with van der Waals surface area (Å²) in [6, 6.07) is 3.55. The first-order valence-electron chi connectivity index (χ1n) is 6.06. The monoisotopic (exact) mass is 232 g/mol. The number of carbonyl (C=O) groups excluding carboxylic acids is 1. The highest BCUT2D eigenvalue weighted by atomic mass is 16.5. The summed E-state index contributed by atoms with van der Waals surface area (Å²) in [4.78, 5) is 18.1. The van der Waals surface area contributed by atoms with Crippen LogP contribution in [0.25, 0.3) is 0 Å². The van der Waals surface area contributed by atoms with Crippen molar-refractivity contribution in [3.05, 3.63) is 30.1 Å². The Bertz CT molecular complexity index is 405. The van der Waals surface area contributed by atoms with Crippen molar-refractivity contribution in [3.63, 3.8) is 0 Å². The fourth-order valence-electron chi connectivity index (χ4n) is 2.54. The van der Waals surface area contributed by atoms with Gasteiger partial charge in [0.1, 0.15) is 0 Å². The average molecular weight is 232 g/mol. The molecule has 0 N–H and O–H groups in total. The standard InChI is InChI=1S/C13H16N2O2/c16-12(11-1-5-14-6-2-11)15-7-3-13(4-8-15)9-17-10-13/h1-2,5-6H,3-4,7-10H2. The van der Waals surface area contributed by atoms with Gasteiger partial charge in [-0.15, -0.1) is 0 Å². The lowest BCUT2D eigenvalue weighted by molar-refractivity contribution is -0.136. The molecular weight excluding hydrogens is 216 g/mol. The summed E-state index contributed by atoms with van der Waals surface area (Å²) in [5.41, 5.74) is 1.12. The molecule has 2 fully saturated rings. The van der Waals surface area contributed by atoms with E-state index in [0.717, 1.165) is 44.7 Å². The normalized spacial score (nSPS) is 22.2. The summed E-state index contributed by atoms with van der Waals surface area (Å²) in [6.45, 7) is 3.46. The van der Waals surface area contributed by atoms with Crippen LogP contribution in [-0.2, 0) is 4.74 Å². The Balaban J connectivity index is 1.65. The van der Waals surface area contributed by atoms with Crippen LogP contribution in [0, 0.1) is 5.41 Å². The first kappa shape index (κ1) is 10.7. The van der Waals surface area contributed by atoms with Gasteiger partial charge in [-0.1, -0.05) is 0 Å². The fourth-order valence-corrected chi connectivity index (χ4v) is 2.54. The predicted molar refractivity (Wildman–Crippen MR) is 62.6 cm³/mol. The molecule has 90 valence electrons.